The van der Waals surface area contributed by atoms with Gasteiger partial charge in [-0.15, -0.1) is 11.3 Å². The molecule has 0 spiro atoms. The molecule has 0 aliphatic heterocycles. The molecule has 1 aliphatic rings. The van der Waals surface area contributed by atoms with Crippen molar-refractivity contribution < 1.29 is 18.4 Å². The molecule has 3 rings (SSSR count). The van der Waals surface area contributed by atoms with Crippen LogP contribution in [0.3, 0.4) is 0 Å². The number of nitrogens with one attached hydrogen (secondary N) is 2. The second-order valence-electron chi connectivity index (χ2n) is 6.19. The van der Waals surface area contributed by atoms with Crippen LogP contribution in [0.5, 0.6) is 0 Å². The second-order valence-corrected chi connectivity index (χ2v) is 7.29. The van der Waals surface area contributed by atoms with Crippen LogP contribution in [-0.2, 0) is 12.8 Å². The van der Waals surface area contributed by atoms with Gasteiger partial charge in [0.1, 0.15) is 22.2 Å². The first-order chi connectivity index (χ1) is 11.9. The van der Waals surface area contributed by atoms with Crippen molar-refractivity contribution in [2.75, 3.05) is 12.4 Å². The Labute approximate surface area is 148 Å². The molecule has 0 radical (unpaired) electrons. The van der Waals surface area contributed by atoms with Gasteiger partial charge in [0.15, 0.2) is 0 Å². The topological polar surface area (TPSA) is 58.2 Å². The summed E-state index contributed by atoms with van der Waals surface area (Å²) >= 11 is 1.31. The highest BCUT2D eigenvalue weighted by Crippen LogP contribution is 2.39. The Balaban J connectivity index is 2.00. The van der Waals surface area contributed by atoms with Crippen LogP contribution in [-0.4, -0.2) is 18.9 Å². The van der Waals surface area contributed by atoms with Crippen molar-refractivity contribution in [1.29, 1.82) is 0 Å². The van der Waals surface area contributed by atoms with Crippen LogP contribution in [0.25, 0.3) is 0 Å². The van der Waals surface area contributed by atoms with Gasteiger partial charge in [-0.25, -0.2) is 8.78 Å². The first-order valence-electron chi connectivity index (χ1n) is 8.04. The summed E-state index contributed by atoms with van der Waals surface area (Å²) in [6, 6.07) is 3.25. The van der Waals surface area contributed by atoms with Gasteiger partial charge in [-0.2, -0.15) is 0 Å². The van der Waals surface area contributed by atoms with Crippen molar-refractivity contribution >= 4 is 28.2 Å². The predicted molar refractivity (Wildman–Crippen MR) is 93.2 cm³/mol. The molecule has 132 valence electrons. The first-order valence-corrected chi connectivity index (χ1v) is 8.86. The van der Waals surface area contributed by atoms with Gasteiger partial charge < -0.3 is 10.6 Å². The number of amides is 2. The van der Waals surface area contributed by atoms with Crippen LogP contribution < -0.4 is 10.6 Å². The average molecular weight is 364 g/mol. The second kappa shape index (κ2) is 6.92. The lowest BCUT2D eigenvalue weighted by molar-refractivity contribution is 0.0963. The number of benzene rings is 1. The first kappa shape index (κ1) is 17.5. The minimum absolute atomic E-state index is 0.309. The van der Waals surface area contributed by atoms with Crippen molar-refractivity contribution in [1.82, 2.24) is 5.32 Å². The zero-order chi connectivity index (χ0) is 18.1. The van der Waals surface area contributed by atoms with Crippen molar-refractivity contribution in [3.8, 4) is 0 Å². The molecule has 1 aromatic carbocycles. The fourth-order valence-electron chi connectivity index (χ4n) is 3.08. The van der Waals surface area contributed by atoms with Gasteiger partial charge in [-0.05, 0) is 42.9 Å². The number of thiophene rings is 1. The number of hydrogen-bond acceptors (Lipinski definition) is 3. The standard InChI is InChI=1S/C18H18F2N2O2S/c1-9-6-7-10-13(8-9)25-18(14(10)16(23)21-2)22-17(24)15-11(19)4-3-5-12(15)20/h3-5,9H,6-8H2,1-2H3,(H,21,23)(H,22,24)/t9-/m1/s1. The maximum Gasteiger partial charge on any atom is 0.262 e. The van der Waals surface area contributed by atoms with Gasteiger partial charge in [-0.3, -0.25) is 9.59 Å². The highest BCUT2D eigenvalue weighted by atomic mass is 32.1. The van der Waals surface area contributed by atoms with E-state index in [-0.39, 0.29) is 5.91 Å². The van der Waals surface area contributed by atoms with E-state index in [2.05, 4.69) is 17.6 Å². The van der Waals surface area contributed by atoms with Crippen molar-refractivity contribution in [2.45, 2.75) is 26.2 Å². The van der Waals surface area contributed by atoms with Gasteiger partial charge >= 0.3 is 0 Å². The lowest BCUT2D eigenvalue weighted by Gasteiger charge is -2.18. The van der Waals surface area contributed by atoms with Crippen LogP contribution in [0.4, 0.5) is 13.8 Å². The van der Waals surface area contributed by atoms with E-state index in [9.17, 15) is 18.4 Å². The molecule has 2 aromatic rings. The van der Waals surface area contributed by atoms with Crippen LogP contribution >= 0.6 is 11.3 Å². The molecule has 0 fully saturated rings. The lowest BCUT2D eigenvalue weighted by Crippen LogP contribution is -2.23. The van der Waals surface area contributed by atoms with E-state index in [0.717, 1.165) is 41.8 Å². The van der Waals surface area contributed by atoms with Crippen molar-refractivity contribution in [2.24, 2.45) is 5.92 Å². The van der Waals surface area contributed by atoms with Crippen LogP contribution in [0.15, 0.2) is 18.2 Å². The summed E-state index contributed by atoms with van der Waals surface area (Å²) < 4.78 is 27.7. The molecule has 4 nitrogen and oxygen atoms in total. The van der Waals surface area contributed by atoms with Crippen molar-refractivity contribution in [3.05, 3.63) is 51.4 Å². The van der Waals surface area contributed by atoms with Crippen LogP contribution in [0, 0.1) is 17.6 Å². The third-order valence-electron chi connectivity index (χ3n) is 4.38. The van der Waals surface area contributed by atoms with Gasteiger partial charge in [0, 0.05) is 11.9 Å². The monoisotopic (exact) mass is 364 g/mol. The van der Waals surface area contributed by atoms with Gasteiger partial charge in [0.25, 0.3) is 11.8 Å². The molecule has 2 N–H and O–H groups in total. The quantitative estimate of drug-likeness (QED) is 0.871. The number of rotatable bonds is 3. The summed E-state index contributed by atoms with van der Waals surface area (Å²) in [6.07, 6.45) is 2.54. The highest BCUT2D eigenvalue weighted by molar-refractivity contribution is 7.17. The summed E-state index contributed by atoms with van der Waals surface area (Å²) in [7, 11) is 1.51. The number of carbonyl (C=O) groups is 2. The van der Waals surface area contributed by atoms with E-state index >= 15 is 0 Å². The molecule has 0 saturated heterocycles. The molecule has 1 aliphatic carbocycles. The molecule has 1 heterocycles. The smallest absolute Gasteiger partial charge is 0.262 e. The Kier molecular flexibility index (Phi) is 4.85. The highest BCUT2D eigenvalue weighted by Gasteiger charge is 2.29. The molecule has 7 heteroatoms. The summed E-state index contributed by atoms with van der Waals surface area (Å²) in [5.74, 6) is -2.58. The summed E-state index contributed by atoms with van der Waals surface area (Å²) in [5.41, 5.74) is 0.677. The Morgan fingerprint density at radius 3 is 2.48 bits per heavy atom. The zero-order valence-electron chi connectivity index (χ0n) is 13.9. The summed E-state index contributed by atoms with van der Waals surface area (Å²) in [5, 5.41) is 5.45. The fourth-order valence-corrected chi connectivity index (χ4v) is 4.49. The van der Waals surface area contributed by atoms with E-state index < -0.39 is 23.1 Å². The minimum atomic E-state index is -0.936. The average Bonchev–Trinajstić information content (AvgIpc) is 2.90. The lowest BCUT2D eigenvalue weighted by atomic mass is 9.88. The molecule has 1 aromatic heterocycles. The maximum absolute atomic E-state index is 13.8. The van der Waals surface area contributed by atoms with Gasteiger partial charge in [0.2, 0.25) is 0 Å². The van der Waals surface area contributed by atoms with Gasteiger partial charge in [0.05, 0.1) is 5.56 Å². The summed E-state index contributed by atoms with van der Waals surface area (Å²) in [6.45, 7) is 2.13. The third-order valence-corrected chi connectivity index (χ3v) is 5.55. The molecule has 0 saturated carbocycles. The van der Waals surface area contributed by atoms with Crippen LogP contribution in [0.1, 0.15) is 44.5 Å². The largest absolute Gasteiger partial charge is 0.355 e. The minimum Gasteiger partial charge on any atom is -0.355 e. The molecule has 0 unspecified atom stereocenters. The van der Waals surface area contributed by atoms with E-state index in [1.807, 2.05) is 0 Å². The molecule has 1 atom stereocenters. The Morgan fingerprint density at radius 1 is 1.16 bits per heavy atom. The zero-order valence-corrected chi connectivity index (χ0v) is 14.7. The van der Waals surface area contributed by atoms with Crippen molar-refractivity contribution in [3.63, 3.8) is 0 Å². The molecule has 0 bridgehead atoms. The van der Waals surface area contributed by atoms with E-state index in [4.69, 9.17) is 0 Å². The summed E-state index contributed by atoms with van der Waals surface area (Å²) in [4.78, 5) is 25.7. The Hall–Kier alpha value is -2.28. The SMILES string of the molecule is CNC(=O)c1c(NC(=O)c2c(F)cccc2F)sc2c1CC[C@@H](C)C2. The number of anilines is 1. The van der Waals surface area contributed by atoms with E-state index in [1.165, 1.54) is 24.5 Å². The van der Waals surface area contributed by atoms with E-state index in [0.29, 0.717) is 16.5 Å². The predicted octanol–water partition coefficient (Wildman–Crippen LogP) is 3.76. The third kappa shape index (κ3) is 3.28. The number of hydrogen-bond donors (Lipinski definition) is 2. The maximum atomic E-state index is 13.8. The molecular weight excluding hydrogens is 346 g/mol. The van der Waals surface area contributed by atoms with Crippen LogP contribution in [0.2, 0.25) is 0 Å². The molecular formula is C18H18F2N2O2S. The fraction of sp³-hybridized carbons (Fsp3) is 0.333. The molecule has 25 heavy (non-hydrogen) atoms. The Morgan fingerprint density at radius 2 is 1.84 bits per heavy atom. The molecule has 2 amide bonds. The van der Waals surface area contributed by atoms with Gasteiger partial charge in [-0.1, -0.05) is 13.0 Å². The number of carbonyl (C=O) groups excluding carboxylic acids is 2. The normalized spacial score (nSPS) is 16.2. The Bertz CT molecular complexity index is 828. The van der Waals surface area contributed by atoms with E-state index in [1.54, 1.807) is 0 Å². The number of halogens is 2. The number of fused-ring (bicyclic) bond motifs is 1.